The highest BCUT2D eigenvalue weighted by Gasteiger charge is 2.18. The Morgan fingerprint density at radius 2 is 1.95 bits per heavy atom. The number of ether oxygens (including phenoxy) is 1. The van der Waals surface area contributed by atoms with Gasteiger partial charge in [0.2, 0.25) is 0 Å². The van der Waals surface area contributed by atoms with Crippen LogP contribution in [0.4, 0.5) is 0 Å². The molecule has 0 aliphatic heterocycles. The van der Waals surface area contributed by atoms with E-state index in [1.807, 2.05) is 13.8 Å². The second kappa shape index (κ2) is 6.39. The van der Waals surface area contributed by atoms with Gasteiger partial charge in [0.05, 0.1) is 11.5 Å². The lowest BCUT2D eigenvalue weighted by Gasteiger charge is -2.16. The Kier molecular flexibility index (Phi) is 5.38. The molecule has 0 spiro atoms. The molecule has 0 saturated heterocycles. The minimum absolute atomic E-state index is 0.0426. The van der Waals surface area contributed by atoms with Crippen LogP contribution in [0.5, 0.6) is 5.75 Å². The summed E-state index contributed by atoms with van der Waals surface area (Å²) in [5, 5.41) is 0. The van der Waals surface area contributed by atoms with Crippen LogP contribution in [0.15, 0.2) is 17.0 Å². The highest BCUT2D eigenvalue weighted by Crippen LogP contribution is 2.31. The van der Waals surface area contributed by atoms with Gasteiger partial charge in [0.1, 0.15) is 5.75 Å². The lowest BCUT2D eigenvalue weighted by Crippen LogP contribution is -2.06. The van der Waals surface area contributed by atoms with Gasteiger partial charge < -0.3 is 4.74 Å². The molecule has 0 saturated carbocycles. The van der Waals surface area contributed by atoms with Gasteiger partial charge >= 0.3 is 0 Å². The van der Waals surface area contributed by atoms with Gasteiger partial charge in [-0.2, -0.15) is 8.42 Å². The molecule has 1 rings (SSSR count). The van der Waals surface area contributed by atoms with Crippen LogP contribution in [0.1, 0.15) is 50.7 Å². The quantitative estimate of drug-likeness (QED) is 0.641. The van der Waals surface area contributed by atoms with Crippen molar-refractivity contribution in [3.8, 4) is 5.75 Å². The minimum atomic E-state index is -4.19. The summed E-state index contributed by atoms with van der Waals surface area (Å²) >= 11 is 0. The number of aryl methyl sites for hydroxylation is 1. The van der Waals surface area contributed by atoms with E-state index in [2.05, 4.69) is 6.92 Å². The van der Waals surface area contributed by atoms with Gasteiger partial charge in [-0.1, -0.05) is 27.2 Å². The second-order valence-corrected chi connectivity index (χ2v) is 6.38. The van der Waals surface area contributed by atoms with E-state index >= 15 is 0 Å². The van der Waals surface area contributed by atoms with Crippen molar-refractivity contribution in [3.05, 3.63) is 23.3 Å². The summed E-state index contributed by atoms with van der Waals surface area (Å²) in [5.74, 6) is 0.825. The lowest BCUT2D eigenvalue weighted by atomic mass is 10.0. The molecule has 0 unspecified atom stereocenters. The Balaban J connectivity index is 3.22. The summed E-state index contributed by atoms with van der Waals surface area (Å²) in [6.45, 7) is 8.27. The molecule has 0 fully saturated rings. The van der Waals surface area contributed by atoms with Crippen molar-refractivity contribution < 1.29 is 17.7 Å². The smallest absolute Gasteiger partial charge is 0.294 e. The van der Waals surface area contributed by atoms with E-state index in [9.17, 15) is 13.0 Å². The van der Waals surface area contributed by atoms with Crippen LogP contribution in [0, 0.1) is 6.92 Å². The summed E-state index contributed by atoms with van der Waals surface area (Å²) in [6, 6.07) is 3.20. The third kappa shape index (κ3) is 4.21. The summed E-state index contributed by atoms with van der Waals surface area (Å²) in [6.07, 6.45) is 2.00. The Morgan fingerprint density at radius 1 is 1.32 bits per heavy atom. The van der Waals surface area contributed by atoms with Gasteiger partial charge in [-0.3, -0.25) is 4.55 Å². The molecule has 108 valence electrons. The van der Waals surface area contributed by atoms with E-state index in [0.717, 1.165) is 18.4 Å². The third-order valence-corrected chi connectivity index (χ3v) is 3.96. The molecule has 0 atom stereocenters. The zero-order valence-electron chi connectivity index (χ0n) is 11.9. The van der Waals surface area contributed by atoms with Gasteiger partial charge in [-0.05, 0) is 42.5 Å². The molecule has 0 amide bonds. The highest BCUT2D eigenvalue weighted by molar-refractivity contribution is 7.85. The van der Waals surface area contributed by atoms with Gasteiger partial charge in [-0.15, -0.1) is 0 Å². The van der Waals surface area contributed by atoms with Gasteiger partial charge in [0, 0.05) is 0 Å². The fourth-order valence-corrected chi connectivity index (χ4v) is 2.60. The topological polar surface area (TPSA) is 63.6 Å². The molecule has 19 heavy (non-hydrogen) atoms. The molecule has 0 bridgehead atoms. The van der Waals surface area contributed by atoms with Crippen LogP contribution in [-0.4, -0.2) is 19.6 Å². The Labute approximate surface area is 115 Å². The standard InChI is InChI=1S/C14H22O4S/c1-5-6-7-18-13-8-11(4)14(19(15,16)17)9-12(13)10(2)3/h8-10H,5-7H2,1-4H3,(H,15,16,17). The molecule has 4 nitrogen and oxygen atoms in total. The molecule has 0 aromatic heterocycles. The van der Waals surface area contributed by atoms with Crippen molar-refractivity contribution >= 4 is 10.1 Å². The van der Waals surface area contributed by atoms with Crippen molar-refractivity contribution in [2.24, 2.45) is 0 Å². The zero-order valence-corrected chi connectivity index (χ0v) is 12.8. The molecule has 1 aromatic rings. The normalized spacial score (nSPS) is 11.9. The second-order valence-electron chi connectivity index (χ2n) is 4.99. The maximum atomic E-state index is 11.3. The highest BCUT2D eigenvalue weighted by atomic mass is 32.2. The summed E-state index contributed by atoms with van der Waals surface area (Å²) < 4.78 is 37.6. The average molecular weight is 286 g/mol. The summed E-state index contributed by atoms with van der Waals surface area (Å²) in [7, 11) is -4.19. The fourth-order valence-electron chi connectivity index (χ4n) is 1.86. The van der Waals surface area contributed by atoms with Crippen LogP contribution < -0.4 is 4.74 Å². The first kappa shape index (κ1) is 16.0. The first-order valence-corrected chi connectivity index (χ1v) is 7.96. The van der Waals surface area contributed by atoms with Gasteiger partial charge in [0.25, 0.3) is 10.1 Å². The van der Waals surface area contributed by atoms with Crippen molar-refractivity contribution in [1.82, 2.24) is 0 Å². The predicted octanol–water partition coefficient (Wildman–Crippen LogP) is 3.54. The Hall–Kier alpha value is -1.07. The number of rotatable bonds is 6. The zero-order chi connectivity index (χ0) is 14.6. The molecule has 1 aromatic carbocycles. The minimum Gasteiger partial charge on any atom is -0.493 e. The van der Waals surface area contributed by atoms with E-state index in [0.29, 0.717) is 17.9 Å². The molecule has 1 N–H and O–H groups in total. The number of unbranched alkanes of at least 4 members (excludes halogenated alkanes) is 1. The Morgan fingerprint density at radius 3 is 2.42 bits per heavy atom. The van der Waals surface area contributed by atoms with Crippen LogP contribution >= 0.6 is 0 Å². The third-order valence-electron chi connectivity index (χ3n) is 2.96. The average Bonchev–Trinajstić information content (AvgIpc) is 2.27. The maximum Gasteiger partial charge on any atom is 0.294 e. The monoisotopic (exact) mass is 286 g/mol. The molecule has 0 heterocycles. The number of hydrogen-bond acceptors (Lipinski definition) is 3. The van der Waals surface area contributed by atoms with Crippen molar-refractivity contribution in [3.63, 3.8) is 0 Å². The molecule has 0 radical (unpaired) electrons. The number of benzene rings is 1. The van der Waals surface area contributed by atoms with E-state index in [4.69, 9.17) is 4.74 Å². The van der Waals surface area contributed by atoms with Crippen molar-refractivity contribution in [1.29, 1.82) is 0 Å². The first-order valence-electron chi connectivity index (χ1n) is 6.52. The van der Waals surface area contributed by atoms with Crippen molar-refractivity contribution in [2.45, 2.75) is 51.3 Å². The molecular weight excluding hydrogens is 264 g/mol. The summed E-state index contributed by atoms with van der Waals surface area (Å²) in [5.41, 5.74) is 1.30. The van der Waals surface area contributed by atoms with E-state index in [1.54, 1.807) is 13.0 Å². The SMILES string of the molecule is CCCCOc1cc(C)c(S(=O)(=O)O)cc1C(C)C. The molecular formula is C14H22O4S. The fraction of sp³-hybridized carbons (Fsp3) is 0.571. The van der Waals surface area contributed by atoms with E-state index in [-0.39, 0.29) is 10.8 Å². The largest absolute Gasteiger partial charge is 0.493 e. The van der Waals surface area contributed by atoms with Crippen LogP contribution in [-0.2, 0) is 10.1 Å². The van der Waals surface area contributed by atoms with E-state index < -0.39 is 10.1 Å². The van der Waals surface area contributed by atoms with E-state index in [1.165, 1.54) is 6.07 Å². The number of hydrogen-bond donors (Lipinski definition) is 1. The predicted molar refractivity (Wildman–Crippen MR) is 75.5 cm³/mol. The van der Waals surface area contributed by atoms with Gasteiger partial charge in [-0.25, -0.2) is 0 Å². The summed E-state index contributed by atoms with van der Waals surface area (Å²) in [4.78, 5) is -0.0426. The lowest BCUT2D eigenvalue weighted by molar-refractivity contribution is 0.304. The maximum absolute atomic E-state index is 11.3. The van der Waals surface area contributed by atoms with Gasteiger partial charge in [0.15, 0.2) is 0 Å². The molecule has 5 heteroatoms. The van der Waals surface area contributed by atoms with Crippen molar-refractivity contribution in [2.75, 3.05) is 6.61 Å². The molecule has 0 aliphatic carbocycles. The van der Waals surface area contributed by atoms with Crippen LogP contribution in [0.25, 0.3) is 0 Å². The first-order chi connectivity index (χ1) is 8.77. The van der Waals surface area contributed by atoms with Crippen LogP contribution in [0.3, 0.4) is 0 Å². The molecule has 0 aliphatic rings. The Bertz CT molecular complexity index is 533. The van der Waals surface area contributed by atoms with Crippen LogP contribution in [0.2, 0.25) is 0 Å².